The molecule has 0 aliphatic heterocycles. The van der Waals surface area contributed by atoms with E-state index in [4.69, 9.17) is 4.74 Å². The average Bonchev–Trinajstić information content (AvgIpc) is 2.29. The molecule has 0 unspecified atom stereocenters. The third kappa shape index (κ3) is 8.50. The molecule has 0 heterocycles. The molecule has 2 N–H and O–H groups in total. The molecule has 0 aliphatic rings. The van der Waals surface area contributed by atoms with Gasteiger partial charge in [0.2, 0.25) is 0 Å². The van der Waals surface area contributed by atoms with Crippen molar-refractivity contribution in [2.75, 3.05) is 47.4 Å². The molecule has 0 spiro atoms. The van der Waals surface area contributed by atoms with Crippen molar-refractivity contribution in [3.05, 3.63) is 0 Å². The van der Waals surface area contributed by atoms with Gasteiger partial charge >= 0.3 is 0 Å². The Bertz CT molecular complexity index is 270. The lowest BCUT2D eigenvalue weighted by Crippen LogP contribution is -2.39. The zero-order valence-electron chi connectivity index (χ0n) is 11.0. The first kappa shape index (κ1) is 16.8. The van der Waals surface area contributed by atoms with Crippen LogP contribution in [0.1, 0.15) is 19.3 Å². The number of nitrogens with zero attached hydrogens (tertiary/aromatic N) is 1. The van der Waals surface area contributed by atoms with Crippen LogP contribution in [0, 0.1) is 0 Å². The summed E-state index contributed by atoms with van der Waals surface area (Å²) in [6, 6.07) is 0. The Hall–Kier alpha value is -0.210. The van der Waals surface area contributed by atoms with Gasteiger partial charge in [0.1, 0.15) is 0 Å². The normalized spacial score (nSPS) is 12.2. The summed E-state index contributed by atoms with van der Waals surface area (Å²) in [5.41, 5.74) is 0. The summed E-state index contributed by atoms with van der Waals surface area (Å²) in [7, 11) is 1.77. The standard InChI is InChI=1S/C10H25N3O3S/c1-11-7-6-9-13(2)17(14,15)12-8-4-5-10-16-3/h11-12H,4-10H2,1-3H3. The van der Waals surface area contributed by atoms with Gasteiger partial charge in [-0.3, -0.25) is 0 Å². The second kappa shape index (κ2) is 9.78. The SMILES string of the molecule is CNCCCN(C)S(=O)(=O)NCCCCOC. The van der Waals surface area contributed by atoms with Crippen molar-refractivity contribution in [3.63, 3.8) is 0 Å². The number of nitrogens with one attached hydrogen (secondary N) is 2. The van der Waals surface area contributed by atoms with Crippen LogP contribution in [0.5, 0.6) is 0 Å². The third-order valence-electron chi connectivity index (χ3n) is 2.37. The number of rotatable bonds is 11. The van der Waals surface area contributed by atoms with Crippen LogP contribution in [0.2, 0.25) is 0 Å². The molecular weight excluding hydrogens is 242 g/mol. The topological polar surface area (TPSA) is 70.7 Å². The smallest absolute Gasteiger partial charge is 0.279 e. The predicted octanol–water partition coefficient (Wildman–Crippen LogP) is -0.211. The lowest BCUT2D eigenvalue weighted by atomic mass is 10.3. The number of ether oxygens (including phenoxy) is 1. The number of hydrogen-bond acceptors (Lipinski definition) is 4. The Morgan fingerprint density at radius 2 is 1.88 bits per heavy atom. The van der Waals surface area contributed by atoms with Gasteiger partial charge in [0.25, 0.3) is 10.2 Å². The van der Waals surface area contributed by atoms with Crippen LogP contribution in [0.25, 0.3) is 0 Å². The van der Waals surface area contributed by atoms with Crippen molar-refractivity contribution >= 4 is 10.2 Å². The van der Waals surface area contributed by atoms with Crippen molar-refractivity contribution in [3.8, 4) is 0 Å². The molecule has 17 heavy (non-hydrogen) atoms. The van der Waals surface area contributed by atoms with Crippen molar-refractivity contribution in [1.82, 2.24) is 14.3 Å². The quantitative estimate of drug-likeness (QED) is 0.508. The molecule has 0 rings (SSSR count). The summed E-state index contributed by atoms with van der Waals surface area (Å²) in [6.07, 6.45) is 2.46. The zero-order valence-corrected chi connectivity index (χ0v) is 11.8. The summed E-state index contributed by atoms with van der Waals surface area (Å²) in [5, 5.41) is 2.99. The van der Waals surface area contributed by atoms with Crippen LogP contribution < -0.4 is 10.0 Å². The second-order valence-electron chi connectivity index (χ2n) is 3.88. The fraction of sp³-hybridized carbons (Fsp3) is 1.00. The monoisotopic (exact) mass is 267 g/mol. The molecular formula is C10H25N3O3S. The van der Waals surface area contributed by atoms with E-state index in [1.54, 1.807) is 14.2 Å². The maximum atomic E-state index is 11.7. The molecule has 0 bridgehead atoms. The van der Waals surface area contributed by atoms with Gasteiger partial charge < -0.3 is 10.1 Å². The summed E-state index contributed by atoms with van der Waals surface area (Å²) >= 11 is 0. The minimum absolute atomic E-state index is 0.460. The number of unbranched alkanes of at least 4 members (excludes halogenated alkanes) is 1. The maximum Gasteiger partial charge on any atom is 0.279 e. The third-order valence-corrected chi connectivity index (χ3v) is 3.94. The van der Waals surface area contributed by atoms with E-state index in [0.717, 1.165) is 25.8 Å². The van der Waals surface area contributed by atoms with E-state index >= 15 is 0 Å². The molecule has 104 valence electrons. The molecule has 0 saturated heterocycles. The second-order valence-corrected chi connectivity index (χ2v) is 5.74. The van der Waals surface area contributed by atoms with E-state index in [1.807, 2.05) is 7.05 Å². The van der Waals surface area contributed by atoms with Crippen molar-refractivity contribution in [1.29, 1.82) is 0 Å². The molecule has 0 aromatic rings. The van der Waals surface area contributed by atoms with Crippen molar-refractivity contribution in [2.45, 2.75) is 19.3 Å². The van der Waals surface area contributed by atoms with Gasteiger partial charge in [0.05, 0.1) is 0 Å². The first-order valence-electron chi connectivity index (χ1n) is 5.89. The molecule has 0 atom stereocenters. The van der Waals surface area contributed by atoms with E-state index < -0.39 is 10.2 Å². The first-order chi connectivity index (χ1) is 8.04. The van der Waals surface area contributed by atoms with E-state index in [9.17, 15) is 8.42 Å². The Kier molecular flexibility index (Phi) is 9.66. The minimum Gasteiger partial charge on any atom is -0.385 e. The summed E-state index contributed by atoms with van der Waals surface area (Å²) in [5.74, 6) is 0. The van der Waals surface area contributed by atoms with Crippen LogP contribution in [-0.4, -0.2) is 60.2 Å². The van der Waals surface area contributed by atoms with Crippen LogP contribution in [0.3, 0.4) is 0 Å². The maximum absolute atomic E-state index is 11.7. The Morgan fingerprint density at radius 3 is 2.47 bits per heavy atom. The molecule has 0 aromatic heterocycles. The summed E-state index contributed by atoms with van der Waals surface area (Å²) < 4.78 is 32.2. The summed E-state index contributed by atoms with van der Waals surface area (Å²) in [4.78, 5) is 0. The molecule has 0 radical (unpaired) electrons. The predicted molar refractivity (Wildman–Crippen MR) is 69.2 cm³/mol. The number of methoxy groups -OCH3 is 1. The van der Waals surface area contributed by atoms with Crippen LogP contribution in [0.4, 0.5) is 0 Å². The molecule has 0 fully saturated rings. The van der Waals surface area contributed by atoms with Gasteiger partial charge in [-0.2, -0.15) is 12.7 Å². The lowest BCUT2D eigenvalue weighted by Gasteiger charge is -2.17. The van der Waals surface area contributed by atoms with E-state index in [0.29, 0.717) is 19.7 Å². The Balaban J connectivity index is 3.77. The fourth-order valence-electron chi connectivity index (χ4n) is 1.28. The fourth-order valence-corrected chi connectivity index (χ4v) is 2.27. The largest absolute Gasteiger partial charge is 0.385 e. The molecule has 6 nitrogen and oxygen atoms in total. The van der Waals surface area contributed by atoms with Gasteiger partial charge in [-0.15, -0.1) is 0 Å². The highest BCUT2D eigenvalue weighted by molar-refractivity contribution is 7.87. The molecule has 0 amide bonds. The van der Waals surface area contributed by atoms with Gasteiger partial charge in [-0.05, 0) is 32.9 Å². The van der Waals surface area contributed by atoms with E-state index in [2.05, 4.69) is 10.0 Å². The molecule has 0 aromatic carbocycles. The van der Waals surface area contributed by atoms with Crippen LogP contribution >= 0.6 is 0 Å². The van der Waals surface area contributed by atoms with Crippen molar-refractivity contribution < 1.29 is 13.2 Å². The van der Waals surface area contributed by atoms with Gasteiger partial charge in [-0.1, -0.05) is 0 Å². The minimum atomic E-state index is -3.31. The molecule has 0 aliphatic carbocycles. The lowest BCUT2D eigenvalue weighted by molar-refractivity contribution is 0.193. The van der Waals surface area contributed by atoms with Crippen LogP contribution in [0.15, 0.2) is 0 Å². The summed E-state index contributed by atoms with van der Waals surface area (Å²) in [6.45, 7) is 2.46. The molecule has 7 heteroatoms. The first-order valence-corrected chi connectivity index (χ1v) is 7.33. The Morgan fingerprint density at radius 1 is 1.18 bits per heavy atom. The zero-order chi connectivity index (χ0) is 13.1. The van der Waals surface area contributed by atoms with Gasteiger partial charge in [-0.25, -0.2) is 4.72 Å². The molecule has 0 saturated carbocycles. The van der Waals surface area contributed by atoms with Gasteiger partial charge in [0.15, 0.2) is 0 Å². The van der Waals surface area contributed by atoms with E-state index in [1.165, 1.54) is 4.31 Å². The van der Waals surface area contributed by atoms with Gasteiger partial charge in [0, 0.05) is 33.9 Å². The Labute approximate surface area is 105 Å². The van der Waals surface area contributed by atoms with Crippen LogP contribution in [-0.2, 0) is 14.9 Å². The van der Waals surface area contributed by atoms with E-state index in [-0.39, 0.29) is 0 Å². The highest BCUT2D eigenvalue weighted by Gasteiger charge is 2.15. The highest BCUT2D eigenvalue weighted by atomic mass is 32.2. The number of hydrogen-bond donors (Lipinski definition) is 2. The highest BCUT2D eigenvalue weighted by Crippen LogP contribution is 1.96. The average molecular weight is 267 g/mol. The van der Waals surface area contributed by atoms with Crippen molar-refractivity contribution in [2.24, 2.45) is 0 Å².